The highest BCUT2D eigenvalue weighted by atomic mass is 35.5. The van der Waals surface area contributed by atoms with E-state index >= 15 is 0 Å². The molecule has 3 heterocycles. The highest BCUT2D eigenvalue weighted by Crippen LogP contribution is 2.25. The first-order valence-electron chi connectivity index (χ1n) is 7.29. The molecule has 0 radical (unpaired) electrons. The molecule has 1 aromatic heterocycles. The van der Waals surface area contributed by atoms with Gasteiger partial charge in [-0.2, -0.15) is 0 Å². The zero-order valence-corrected chi connectivity index (χ0v) is 12.4. The lowest BCUT2D eigenvalue weighted by molar-refractivity contribution is 0.260. The fourth-order valence-electron chi connectivity index (χ4n) is 3.31. The van der Waals surface area contributed by atoms with Crippen LogP contribution >= 0.6 is 11.6 Å². The van der Waals surface area contributed by atoms with Crippen LogP contribution in [-0.4, -0.2) is 42.1 Å². The lowest BCUT2D eigenvalue weighted by Crippen LogP contribution is -2.35. The van der Waals surface area contributed by atoms with Crippen LogP contribution in [0.25, 0.3) is 0 Å². The average molecular weight is 280 g/mol. The van der Waals surface area contributed by atoms with Crippen molar-refractivity contribution in [2.24, 2.45) is 0 Å². The molecule has 3 nitrogen and oxygen atoms in total. The van der Waals surface area contributed by atoms with E-state index < -0.39 is 0 Å². The Labute approximate surface area is 120 Å². The number of nitrogens with zero attached hydrogens (tertiary/aromatic N) is 3. The Morgan fingerprint density at radius 2 is 2.05 bits per heavy atom. The first-order valence-corrected chi connectivity index (χ1v) is 7.82. The molecule has 3 rings (SSSR count). The Morgan fingerprint density at radius 3 is 2.79 bits per heavy atom. The molecule has 0 aliphatic carbocycles. The molecule has 0 aromatic carbocycles. The molecule has 1 aromatic rings. The molecule has 0 spiro atoms. The van der Waals surface area contributed by atoms with Gasteiger partial charge in [-0.25, -0.2) is 4.98 Å². The van der Waals surface area contributed by atoms with Crippen molar-refractivity contribution in [3.8, 4) is 0 Å². The van der Waals surface area contributed by atoms with Gasteiger partial charge in [0.1, 0.15) is 5.82 Å². The maximum atomic E-state index is 5.96. The van der Waals surface area contributed by atoms with E-state index in [2.05, 4.69) is 26.9 Å². The zero-order valence-electron chi connectivity index (χ0n) is 11.6. The number of aryl methyl sites for hydroxylation is 1. The second kappa shape index (κ2) is 5.68. The van der Waals surface area contributed by atoms with E-state index in [-0.39, 0.29) is 0 Å². The Balaban J connectivity index is 1.71. The van der Waals surface area contributed by atoms with Gasteiger partial charge in [0.25, 0.3) is 0 Å². The number of hydrogen-bond acceptors (Lipinski definition) is 3. The molecule has 104 valence electrons. The molecule has 0 bridgehead atoms. The van der Waals surface area contributed by atoms with Crippen LogP contribution in [0.15, 0.2) is 12.1 Å². The number of pyridine rings is 1. The van der Waals surface area contributed by atoms with Crippen LogP contribution in [0.2, 0.25) is 0 Å². The second-order valence-corrected chi connectivity index (χ2v) is 6.01. The predicted molar refractivity (Wildman–Crippen MR) is 80.0 cm³/mol. The van der Waals surface area contributed by atoms with Gasteiger partial charge < -0.3 is 4.90 Å². The second-order valence-electron chi connectivity index (χ2n) is 5.74. The van der Waals surface area contributed by atoms with Crippen LogP contribution in [0.3, 0.4) is 0 Å². The third-order valence-electron chi connectivity index (χ3n) is 4.30. The Kier molecular flexibility index (Phi) is 3.94. The minimum Gasteiger partial charge on any atom is -0.355 e. The number of anilines is 1. The third kappa shape index (κ3) is 2.87. The van der Waals surface area contributed by atoms with Crippen LogP contribution in [0.5, 0.6) is 0 Å². The van der Waals surface area contributed by atoms with Crippen LogP contribution in [0, 0.1) is 6.92 Å². The summed E-state index contributed by atoms with van der Waals surface area (Å²) in [6.45, 7) is 6.87. The number of halogens is 1. The van der Waals surface area contributed by atoms with Crippen molar-refractivity contribution in [3.63, 3.8) is 0 Å². The molecular formula is C15H22ClN3. The van der Waals surface area contributed by atoms with Crippen LogP contribution in [0.1, 0.15) is 30.5 Å². The molecule has 0 amide bonds. The normalized spacial score (nSPS) is 24.3. The number of alkyl halides is 1. The molecule has 19 heavy (non-hydrogen) atoms. The van der Waals surface area contributed by atoms with Crippen molar-refractivity contribution in [2.45, 2.75) is 38.1 Å². The Morgan fingerprint density at radius 1 is 1.26 bits per heavy atom. The van der Waals surface area contributed by atoms with Gasteiger partial charge in [0, 0.05) is 30.7 Å². The molecule has 1 atom stereocenters. The summed E-state index contributed by atoms with van der Waals surface area (Å²) in [6.07, 6.45) is 4.01. The largest absolute Gasteiger partial charge is 0.355 e. The molecule has 2 saturated heterocycles. The van der Waals surface area contributed by atoms with E-state index in [0.29, 0.717) is 5.88 Å². The van der Waals surface area contributed by atoms with E-state index in [4.69, 9.17) is 11.6 Å². The standard InChI is InChI=1S/C15H22ClN3/c1-12-8-13(10-16)9-15(17-12)19-7-4-14(11-19)18-5-2-3-6-18/h8-9,14H,2-7,10-11H2,1H3. The number of likely N-dealkylation sites (tertiary alicyclic amines) is 1. The van der Waals surface area contributed by atoms with Crippen molar-refractivity contribution in [3.05, 3.63) is 23.4 Å². The van der Waals surface area contributed by atoms with Crippen LogP contribution < -0.4 is 4.90 Å². The number of hydrogen-bond donors (Lipinski definition) is 0. The van der Waals surface area contributed by atoms with Crippen LogP contribution in [0.4, 0.5) is 5.82 Å². The summed E-state index contributed by atoms with van der Waals surface area (Å²) in [7, 11) is 0. The smallest absolute Gasteiger partial charge is 0.129 e. The van der Waals surface area contributed by atoms with E-state index in [9.17, 15) is 0 Å². The SMILES string of the molecule is Cc1cc(CCl)cc(N2CCC(N3CCCC3)C2)n1. The first-order chi connectivity index (χ1) is 9.26. The third-order valence-corrected chi connectivity index (χ3v) is 4.61. The molecule has 4 heteroatoms. The Bertz CT molecular complexity index is 443. The summed E-state index contributed by atoms with van der Waals surface area (Å²) < 4.78 is 0. The summed E-state index contributed by atoms with van der Waals surface area (Å²) in [4.78, 5) is 9.75. The summed E-state index contributed by atoms with van der Waals surface area (Å²) in [5.41, 5.74) is 2.24. The Hall–Kier alpha value is -0.800. The maximum absolute atomic E-state index is 5.96. The van der Waals surface area contributed by atoms with Crippen molar-refractivity contribution >= 4 is 17.4 Å². The molecule has 2 fully saturated rings. The fraction of sp³-hybridized carbons (Fsp3) is 0.667. The van der Waals surface area contributed by atoms with Crippen molar-refractivity contribution < 1.29 is 0 Å². The van der Waals surface area contributed by atoms with Gasteiger partial charge in [-0.15, -0.1) is 11.6 Å². The quantitative estimate of drug-likeness (QED) is 0.793. The van der Waals surface area contributed by atoms with Crippen molar-refractivity contribution in [2.75, 3.05) is 31.1 Å². The summed E-state index contributed by atoms with van der Waals surface area (Å²) in [5.74, 6) is 1.68. The van der Waals surface area contributed by atoms with Gasteiger partial charge >= 0.3 is 0 Å². The minimum absolute atomic E-state index is 0.569. The number of aromatic nitrogens is 1. The van der Waals surface area contributed by atoms with Gasteiger partial charge in [0.05, 0.1) is 0 Å². The zero-order chi connectivity index (χ0) is 13.2. The van der Waals surface area contributed by atoms with Gasteiger partial charge in [0.2, 0.25) is 0 Å². The molecule has 2 aliphatic rings. The lowest BCUT2D eigenvalue weighted by atomic mass is 10.2. The first kappa shape index (κ1) is 13.2. The monoisotopic (exact) mass is 279 g/mol. The molecule has 0 N–H and O–H groups in total. The minimum atomic E-state index is 0.569. The summed E-state index contributed by atoms with van der Waals surface area (Å²) in [6, 6.07) is 4.95. The van der Waals surface area contributed by atoms with Gasteiger partial charge in [-0.05, 0) is 57.0 Å². The lowest BCUT2D eigenvalue weighted by Gasteiger charge is -2.24. The average Bonchev–Trinajstić information content (AvgIpc) is 3.08. The van der Waals surface area contributed by atoms with E-state index in [1.165, 1.54) is 37.9 Å². The number of rotatable bonds is 3. The van der Waals surface area contributed by atoms with Crippen LogP contribution in [-0.2, 0) is 5.88 Å². The summed E-state index contributed by atoms with van der Waals surface area (Å²) >= 11 is 5.96. The van der Waals surface area contributed by atoms with E-state index in [1.807, 2.05) is 6.92 Å². The van der Waals surface area contributed by atoms with Gasteiger partial charge in [-0.1, -0.05) is 0 Å². The highest BCUT2D eigenvalue weighted by Gasteiger charge is 2.29. The molecular weight excluding hydrogens is 258 g/mol. The molecule has 2 aliphatic heterocycles. The molecule has 1 unspecified atom stereocenters. The van der Waals surface area contributed by atoms with Crippen molar-refractivity contribution in [1.82, 2.24) is 9.88 Å². The van der Waals surface area contributed by atoms with Gasteiger partial charge in [0.15, 0.2) is 0 Å². The van der Waals surface area contributed by atoms with Gasteiger partial charge in [-0.3, -0.25) is 4.90 Å². The predicted octanol–water partition coefficient (Wildman–Crippen LogP) is 2.80. The van der Waals surface area contributed by atoms with E-state index in [1.54, 1.807) is 0 Å². The topological polar surface area (TPSA) is 19.4 Å². The van der Waals surface area contributed by atoms with E-state index in [0.717, 1.165) is 30.6 Å². The molecule has 0 saturated carbocycles. The fourth-order valence-corrected chi connectivity index (χ4v) is 3.47. The van der Waals surface area contributed by atoms with Crippen molar-refractivity contribution in [1.29, 1.82) is 0 Å². The summed E-state index contributed by atoms with van der Waals surface area (Å²) in [5, 5.41) is 0. The highest BCUT2D eigenvalue weighted by molar-refractivity contribution is 6.17. The maximum Gasteiger partial charge on any atom is 0.129 e.